The van der Waals surface area contributed by atoms with Gasteiger partial charge in [-0.15, -0.1) is 0 Å². The molecule has 0 heterocycles. The minimum absolute atomic E-state index is 0.686. The lowest BCUT2D eigenvalue weighted by atomic mass is 10.2. The highest BCUT2D eigenvalue weighted by Crippen LogP contribution is 2.13. The van der Waals surface area contributed by atoms with Gasteiger partial charge in [0.25, 0.3) is 0 Å². The van der Waals surface area contributed by atoms with E-state index in [1.165, 1.54) is 5.56 Å². The van der Waals surface area contributed by atoms with Crippen LogP contribution in [0.3, 0.4) is 0 Å². The van der Waals surface area contributed by atoms with Gasteiger partial charge in [-0.1, -0.05) is 12.1 Å². The zero-order valence-corrected chi connectivity index (χ0v) is 11.5. The molecule has 3 N–H and O–H groups in total. The predicted molar refractivity (Wildman–Crippen MR) is 79.4 cm³/mol. The number of isothiocyanates is 1. The third-order valence-electron chi connectivity index (χ3n) is 2.55. The molecule has 0 fully saturated rings. The smallest absolute Gasteiger partial charge is 0.0739 e. The molecule has 0 saturated carbocycles. The topological polar surface area (TPSA) is 53.6 Å². The van der Waals surface area contributed by atoms with E-state index >= 15 is 0 Å². The molecule has 0 aliphatic heterocycles. The maximum absolute atomic E-state index is 5.41. The van der Waals surface area contributed by atoms with Gasteiger partial charge in [-0.2, -0.15) is 4.99 Å². The Hall–Kier alpha value is -1.10. The molecule has 0 spiro atoms. The molecule has 0 bridgehead atoms. The summed E-state index contributed by atoms with van der Waals surface area (Å²) in [7, 11) is 2.10. The molecule has 0 aromatic heterocycles. The first-order valence-electron chi connectivity index (χ1n) is 6.02. The second kappa shape index (κ2) is 8.91. The summed E-state index contributed by atoms with van der Waals surface area (Å²) in [5, 5.41) is 5.64. The molecule has 0 aliphatic rings. The Morgan fingerprint density at radius 1 is 1.33 bits per heavy atom. The maximum Gasteiger partial charge on any atom is 0.0739 e. The van der Waals surface area contributed by atoms with Gasteiger partial charge in [0.2, 0.25) is 0 Å². The highest BCUT2D eigenvalue weighted by molar-refractivity contribution is 7.78. The Kier molecular flexibility index (Phi) is 7.41. The lowest BCUT2D eigenvalue weighted by Gasteiger charge is -2.16. The van der Waals surface area contributed by atoms with Gasteiger partial charge < -0.3 is 16.0 Å². The molecule has 0 unspecified atom stereocenters. The molecular weight excluding hydrogens is 244 g/mol. The van der Waals surface area contributed by atoms with Crippen LogP contribution in [0.1, 0.15) is 5.56 Å². The first-order valence-corrected chi connectivity index (χ1v) is 6.43. The summed E-state index contributed by atoms with van der Waals surface area (Å²) < 4.78 is 0. The van der Waals surface area contributed by atoms with Crippen molar-refractivity contribution in [2.24, 2.45) is 10.7 Å². The van der Waals surface area contributed by atoms with Gasteiger partial charge in [-0.25, -0.2) is 0 Å². The lowest BCUT2D eigenvalue weighted by molar-refractivity contribution is 0.325. The molecule has 0 aliphatic carbocycles. The SMILES string of the molecule is CN(CCNCCN)Cc1ccc(N=C=S)cc1. The van der Waals surface area contributed by atoms with Crippen molar-refractivity contribution in [2.75, 3.05) is 33.2 Å². The lowest BCUT2D eigenvalue weighted by Crippen LogP contribution is -2.31. The molecule has 18 heavy (non-hydrogen) atoms. The van der Waals surface area contributed by atoms with Crippen LogP contribution in [-0.2, 0) is 6.54 Å². The van der Waals surface area contributed by atoms with Crippen molar-refractivity contribution in [3.63, 3.8) is 0 Å². The van der Waals surface area contributed by atoms with Crippen LogP contribution >= 0.6 is 12.2 Å². The second-order valence-corrected chi connectivity index (χ2v) is 4.33. The van der Waals surface area contributed by atoms with E-state index in [-0.39, 0.29) is 0 Å². The van der Waals surface area contributed by atoms with Crippen molar-refractivity contribution < 1.29 is 0 Å². The molecule has 1 aromatic rings. The van der Waals surface area contributed by atoms with Crippen LogP contribution in [0, 0.1) is 0 Å². The number of hydrogen-bond donors (Lipinski definition) is 2. The quantitative estimate of drug-likeness (QED) is 0.423. The predicted octanol–water partition coefficient (Wildman–Crippen LogP) is 1.40. The van der Waals surface area contributed by atoms with E-state index in [1.807, 2.05) is 12.1 Å². The fourth-order valence-corrected chi connectivity index (χ4v) is 1.72. The van der Waals surface area contributed by atoms with Gasteiger partial charge in [-0.3, -0.25) is 0 Å². The van der Waals surface area contributed by atoms with Crippen LogP contribution in [0.25, 0.3) is 0 Å². The van der Waals surface area contributed by atoms with E-state index in [0.717, 1.165) is 31.9 Å². The second-order valence-electron chi connectivity index (χ2n) is 4.15. The third-order valence-corrected chi connectivity index (χ3v) is 2.65. The van der Waals surface area contributed by atoms with Gasteiger partial charge in [0, 0.05) is 32.7 Å². The first-order chi connectivity index (χ1) is 8.76. The number of likely N-dealkylation sites (N-methyl/N-ethyl adjacent to an activating group) is 1. The summed E-state index contributed by atoms with van der Waals surface area (Å²) in [4.78, 5) is 6.19. The van der Waals surface area contributed by atoms with Crippen LogP contribution in [-0.4, -0.2) is 43.3 Å². The summed E-state index contributed by atoms with van der Waals surface area (Å²) in [5.41, 5.74) is 7.52. The van der Waals surface area contributed by atoms with Crippen molar-refractivity contribution in [1.29, 1.82) is 0 Å². The molecule has 4 nitrogen and oxygen atoms in total. The van der Waals surface area contributed by atoms with Crippen LogP contribution in [0.2, 0.25) is 0 Å². The Morgan fingerprint density at radius 3 is 2.67 bits per heavy atom. The Labute approximate surface area is 114 Å². The zero-order valence-electron chi connectivity index (χ0n) is 10.7. The maximum atomic E-state index is 5.41. The van der Waals surface area contributed by atoms with Gasteiger partial charge in [-0.05, 0) is 37.0 Å². The zero-order chi connectivity index (χ0) is 13.2. The summed E-state index contributed by atoms with van der Waals surface area (Å²) >= 11 is 4.57. The van der Waals surface area contributed by atoms with E-state index in [9.17, 15) is 0 Å². The molecular formula is C13H20N4S. The largest absolute Gasteiger partial charge is 0.329 e. The molecule has 0 amide bonds. The Balaban J connectivity index is 2.34. The normalized spacial score (nSPS) is 10.4. The average Bonchev–Trinajstić information content (AvgIpc) is 2.37. The number of hydrogen-bond acceptors (Lipinski definition) is 5. The molecule has 1 aromatic carbocycles. The van der Waals surface area contributed by atoms with Gasteiger partial charge >= 0.3 is 0 Å². The molecule has 98 valence electrons. The minimum atomic E-state index is 0.686. The Morgan fingerprint density at radius 2 is 2.06 bits per heavy atom. The fourth-order valence-electron chi connectivity index (χ4n) is 1.62. The van der Waals surface area contributed by atoms with Gasteiger partial charge in [0.15, 0.2) is 0 Å². The molecule has 0 saturated heterocycles. The summed E-state index contributed by atoms with van der Waals surface area (Å²) in [6.45, 7) is 4.44. The molecule has 0 radical (unpaired) electrons. The minimum Gasteiger partial charge on any atom is -0.329 e. The highest BCUT2D eigenvalue weighted by Gasteiger charge is 2.00. The number of nitrogens with two attached hydrogens (primary N) is 1. The van der Waals surface area contributed by atoms with Gasteiger partial charge in [0.05, 0.1) is 10.8 Å². The summed E-state index contributed by atoms with van der Waals surface area (Å²) in [6.07, 6.45) is 0. The van der Waals surface area contributed by atoms with Crippen molar-refractivity contribution in [3.8, 4) is 0 Å². The first kappa shape index (κ1) is 15.0. The number of benzene rings is 1. The van der Waals surface area contributed by atoms with Crippen molar-refractivity contribution >= 4 is 23.1 Å². The van der Waals surface area contributed by atoms with Crippen molar-refractivity contribution in [3.05, 3.63) is 29.8 Å². The number of nitrogens with zero attached hydrogens (tertiary/aromatic N) is 2. The number of rotatable bonds is 8. The van der Waals surface area contributed by atoms with Crippen LogP contribution in [0.4, 0.5) is 5.69 Å². The summed E-state index contributed by atoms with van der Waals surface area (Å²) in [5.74, 6) is 0. The average molecular weight is 264 g/mol. The fraction of sp³-hybridized carbons (Fsp3) is 0.462. The van der Waals surface area contributed by atoms with Gasteiger partial charge in [0.1, 0.15) is 0 Å². The monoisotopic (exact) mass is 264 g/mol. The van der Waals surface area contributed by atoms with Crippen LogP contribution in [0.5, 0.6) is 0 Å². The highest BCUT2D eigenvalue weighted by atomic mass is 32.1. The summed E-state index contributed by atoms with van der Waals surface area (Å²) in [6, 6.07) is 8.04. The van der Waals surface area contributed by atoms with E-state index in [4.69, 9.17) is 5.73 Å². The number of nitrogens with one attached hydrogen (secondary N) is 1. The standard InChI is InChI=1S/C13H20N4S/c1-17(9-8-15-7-6-14)10-12-2-4-13(5-3-12)16-11-18/h2-5,15H,6-10,14H2,1H3. The van der Waals surface area contributed by atoms with Crippen molar-refractivity contribution in [2.45, 2.75) is 6.54 Å². The van der Waals surface area contributed by atoms with Crippen LogP contribution < -0.4 is 11.1 Å². The molecule has 1 rings (SSSR count). The molecule has 5 heteroatoms. The Bertz CT molecular complexity index is 384. The number of aliphatic imine (C=N–C) groups is 1. The van der Waals surface area contributed by atoms with E-state index in [2.05, 4.69) is 51.8 Å². The van der Waals surface area contributed by atoms with E-state index < -0.39 is 0 Å². The van der Waals surface area contributed by atoms with Crippen LogP contribution in [0.15, 0.2) is 29.3 Å². The van der Waals surface area contributed by atoms with E-state index in [0.29, 0.717) is 6.54 Å². The molecule has 0 atom stereocenters. The van der Waals surface area contributed by atoms with E-state index in [1.54, 1.807) is 0 Å². The number of thiocarbonyl (C=S) groups is 1. The van der Waals surface area contributed by atoms with Crippen molar-refractivity contribution in [1.82, 2.24) is 10.2 Å². The third kappa shape index (κ3) is 6.00.